The highest BCUT2D eigenvalue weighted by Gasteiger charge is 2.39. The Bertz CT molecular complexity index is 575. The number of fused-ring (bicyclic) bond motifs is 2. The van der Waals surface area contributed by atoms with Gasteiger partial charge in [-0.25, -0.2) is 4.79 Å². The van der Waals surface area contributed by atoms with Crippen molar-refractivity contribution in [2.75, 3.05) is 13.1 Å². The summed E-state index contributed by atoms with van der Waals surface area (Å²) in [6, 6.07) is 8.57. The Morgan fingerprint density at radius 1 is 1.19 bits per heavy atom. The zero-order valence-electron chi connectivity index (χ0n) is 13.1. The fourth-order valence-electron chi connectivity index (χ4n) is 3.29. The van der Waals surface area contributed by atoms with E-state index in [1.165, 1.54) is 11.1 Å². The number of carbonyl (C=O) groups excluding carboxylic acids is 1. The van der Waals surface area contributed by atoms with Crippen LogP contribution in [0.15, 0.2) is 30.3 Å². The average molecular weight is 285 g/mol. The summed E-state index contributed by atoms with van der Waals surface area (Å²) in [7, 11) is 0. The van der Waals surface area contributed by atoms with Crippen molar-refractivity contribution in [1.29, 1.82) is 0 Å². The van der Waals surface area contributed by atoms with Crippen LogP contribution < -0.4 is 0 Å². The lowest BCUT2D eigenvalue weighted by atomic mass is 9.74. The van der Waals surface area contributed by atoms with Crippen molar-refractivity contribution in [2.24, 2.45) is 0 Å². The molecule has 0 unspecified atom stereocenters. The second-order valence-corrected chi connectivity index (χ2v) is 7.04. The second-order valence-electron chi connectivity index (χ2n) is 7.04. The highest BCUT2D eigenvalue weighted by atomic mass is 16.6. The highest BCUT2D eigenvalue weighted by Crippen LogP contribution is 2.43. The van der Waals surface area contributed by atoms with E-state index in [1.807, 2.05) is 25.7 Å². The van der Waals surface area contributed by atoms with Crippen LogP contribution in [0.4, 0.5) is 4.79 Å². The number of hydrogen-bond acceptors (Lipinski definition) is 2. The van der Waals surface area contributed by atoms with Crippen LogP contribution in [-0.4, -0.2) is 29.7 Å². The van der Waals surface area contributed by atoms with Crippen LogP contribution in [0.3, 0.4) is 0 Å². The number of nitrogens with zero attached hydrogens (tertiary/aromatic N) is 1. The third-order valence-electron chi connectivity index (χ3n) is 4.39. The topological polar surface area (TPSA) is 29.5 Å². The maximum Gasteiger partial charge on any atom is 0.410 e. The molecule has 0 saturated carbocycles. The van der Waals surface area contributed by atoms with Crippen molar-refractivity contribution in [3.8, 4) is 0 Å². The molecule has 1 saturated heterocycles. The zero-order valence-corrected chi connectivity index (χ0v) is 13.1. The van der Waals surface area contributed by atoms with Gasteiger partial charge in [0.05, 0.1) is 0 Å². The lowest BCUT2D eigenvalue weighted by Crippen LogP contribution is -2.45. The minimum Gasteiger partial charge on any atom is -0.444 e. The molecule has 0 atom stereocenters. The number of allylic oxidation sites excluding steroid dienone is 1. The second kappa shape index (κ2) is 4.90. The molecule has 2 aliphatic rings. The molecule has 1 aliphatic heterocycles. The molecule has 3 heteroatoms. The van der Waals surface area contributed by atoms with Gasteiger partial charge >= 0.3 is 6.09 Å². The smallest absolute Gasteiger partial charge is 0.410 e. The van der Waals surface area contributed by atoms with Crippen LogP contribution in [0.1, 0.15) is 44.7 Å². The van der Waals surface area contributed by atoms with Gasteiger partial charge < -0.3 is 9.64 Å². The molecule has 1 aromatic carbocycles. The van der Waals surface area contributed by atoms with Crippen LogP contribution in [0.25, 0.3) is 6.08 Å². The van der Waals surface area contributed by atoms with E-state index in [-0.39, 0.29) is 11.5 Å². The predicted octanol–water partition coefficient (Wildman–Crippen LogP) is 3.98. The lowest BCUT2D eigenvalue weighted by molar-refractivity contribution is 0.0184. The van der Waals surface area contributed by atoms with E-state index in [1.54, 1.807) is 0 Å². The Hall–Kier alpha value is -1.77. The highest BCUT2D eigenvalue weighted by molar-refractivity contribution is 5.69. The normalized spacial score (nSPS) is 19.7. The van der Waals surface area contributed by atoms with Crippen molar-refractivity contribution in [1.82, 2.24) is 4.90 Å². The minimum atomic E-state index is -0.425. The van der Waals surface area contributed by atoms with Crippen LogP contribution in [-0.2, 0) is 10.2 Å². The van der Waals surface area contributed by atoms with Gasteiger partial charge in [0.25, 0.3) is 0 Å². The molecule has 0 bridgehead atoms. The number of ether oxygens (including phenoxy) is 1. The number of benzene rings is 1. The molecule has 1 aromatic rings. The zero-order chi connectivity index (χ0) is 15.1. The fraction of sp³-hybridized carbons (Fsp3) is 0.500. The van der Waals surface area contributed by atoms with Gasteiger partial charge in [0, 0.05) is 18.5 Å². The summed E-state index contributed by atoms with van der Waals surface area (Å²) >= 11 is 0. The van der Waals surface area contributed by atoms with Gasteiger partial charge in [-0.1, -0.05) is 36.4 Å². The van der Waals surface area contributed by atoms with Crippen LogP contribution in [0, 0.1) is 0 Å². The molecule has 0 aromatic heterocycles. The van der Waals surface area contributed by atoms with E-state index in [2.05, 4.69) is 36.4 Å². The van der Waals surface area contributed by atoms with Crippen molar-refractivity contribution in [3.05, 3.63) is 41.5 Å². The third-order valence-corrected chi connectivity index (χ3v) is 4.39. The van der Waals surface area contributed by atoms with Crippen molar-refractivity contribution in [3.63, 3.8) is 0 Å². The first-order valence-corrected chi connectivity index (χ1v) is 7.66. The Morgan fingerprint density at radius 3 is 2.52 bits per heavy atom. The number of rotatable bonds is 0. The van der Waals surface area contributed by atoms with E-state index in [4.69, 9.17) is 4.74 Å². The quantitative estimate of drug-likeness (QED) is 0.721. The molecule has 0 N–H and O–H groups in total. The fourth-order valence-corrected chi connectivity index (χ4v) is 3.29. The summed E-state index contributed by atoms with van der Waals surface area (Å²) in [5.41, 5.74) is 2.43. The predicted molar refractivity (Wildman–Crippen MR) is 84.2 cm³/mol. The summed E-state index contributed by atoms with van der Waals surface area (Å²) < 4.78 is 5.47. The minimum absolute atomic E-state index is 0.120. The van der Waals surface area contributed by atoms with Gasteiger partial charge in [0.15, 0.2) is 0 Å². The van der Waals surface area contributed by atoms with Crippen molar-refractivity contribution < 1.29 is 9.53 Å². The van der Waals surface area contributed by atoms with E-state index < -0.39 is 5.60 Å². The first-order valence-electron chi connectivity index (χ1n) is 7.66. The van der Waals surface area contributed by atoms with Gasteiger partial charge in [0.2, 0.25) is 0 Å². The number of piperidine rings is 1. The molecule has 1 spiro atoms. The van der Waals surface area contributed by atoms with Gasteiger partial charge in [-0.15, -0.1) is 0 Å². The molecule has 1 heterocycles. The largest absolute Gasteiger partial charge is 0.444 e. The van der Waals surface area contributed by atoms with Gasteiger partial charge in [0.1, 0.15) is 5.60 Å². The van der Waals surface area contributed by atoms with Gasteiger partial charge in [-0.3, -0.25) is 0 Å². The number of carbonyl (C=O) groups is 1. The molecule has 1 amide bonds. The summed E-state index contributed by atoms with van der Waals surface area (Å²) in [6.07, 6.45) is 6.30. The molecular formula is C18H23NO2. The van der Waals surface area contributed by atoms with Crippen LogP contribution >= 0.6 is 0 Å². The molecule has 112 valence electrons. The summed E-state index contributed by atoms with van der Waals surface area (Å²) in [5.74, 6) is 0. The Morgan fingerprint density at radius 2 is 1.86 bits per heavy atom. The lowest BCUT2D eigenvalue weighted by Gasteiger charge is -2.39. The molecule has 21 heavy (non-hydrogen) atoms. The van der Waals surface area contributed by atoms with Gasteiger partial charge in [-0.2, -0.15) is 0 Å². The maximum absolute atomic E-state index is 12.1. The Kier molecular flexibility index (Phi) is 3.31. The third kappa shape index (κ3) is 2.69. The van der Waals surface area contributed by atoms with Gasteiger partial charge in [-0.05, 0) is 44.7 Å². The molecular weight excluding hydrogens is 262 g/mol. The number of likely N-dealkylation sites (tertiary alicyclic amines) is 1. The van der Waals surface area contributed by atoms with Crippen LogP contribution in [0.5, 0.6) is 0 Å². The summed E-state index contributed by atoms with van der Waals surface area (Å²) in [6.45, 7) is 7.24. The summed E-state index contributed by atoms with van der Waals surface area (Å²) in [5, 5.41) is 0. The van der Waals surface area contributed by atoms with E-state index in [0.29, 0.717) is 0 Å². The van der Waals surface area contributed by atoms with Crippen molar-refractivity contribution >= 4 is 12.2 Å². The monoisotopic (exact) mass is 285 g/mol. The van der Waals surface area contributed by atoms with Crippen molar-refractivity contribution in [2.45, 2.75) is 44.6 Å². The standard InChI is InChI=1S/C18H23NO2/c1-17(2,3)21-16(20)19-12-10-18(11-13-19)9-8-14-6-4-5-7-15(14)18/h4-9H,10-13H2,1-3H3. The molecule has 3 rings (SSSR count). The first-order chi connectivity index (χ1) is 9.90. The summed E-state index contributed by atoms with van der Waals surface area (Å²) in [4.78, 5) is 14.0. The first kappa shape index (κ1) is 14.2. The molecule has 0 radical (unpaired) electrons. The number of amides is 1. The maximum atomic E-state index is 12.1. The SMILES string of the molecule is CC(C)(C)OC(=O)N1CCC2(C=Cc3ccccc32)CC1. The van der Waals surface area contributed by atoms with E-state index >= 15 is 0 Å². The number of hydrogen-bond donors (Lipinski definition) is 0. The molecule has 3 nitrogen and oxygen atoms in total. The molecule has 1 aliphatic carbocycles. The van der Waals surface area contributed by atoms with E-state index in [0.717, 1.165) is 25.9 Å². The van der Waals surface area contributed by atoms with Crippen LogP contribution in [0.2, 0.25) is 0 Å². The van der Waals surface area contributed by atoms with E-state index in [9.17, 15) is 4.79 Å². The Labute approximate surface area is 126 Å². The average Bonchev–Trinajstić information content (AvgIpc) is 2.77. The Balaban J connectivity index is 1.69. The molecule has 1 fully saturated rings.